The number of methoxy groups -OCH3 is 1. The highest BCUT2D eigenvalue weighted by atomic mass is 16.6. The number of rotatable bonds is 3. The van der Waals surface area contributed by atoms with Crippen LogP contribution in [0.1, 0.15) is 39.5 Å². The number of epoxide rings is 1. The minimum atomic E-state index is -0.262. The van der Waals surface area contributed by atoms with E-state index in [0.717, 1.165) is 38.2 Å². The summed E-state index contributed by atoms with van der Waals surface area (Å²) in [6, 6.07) is 0. The van der Waals surface area contributed by atoms with Crippen molar-refractivity contribution < 1.29 is 14.3 Å². The SMILES string of the molecule is COC(=O)C1(CC2CO2)CCC(C)C(C)C1. The Morgan fingerprint density at radius 2 is 2.12 bits per heavy atom. The molecule has 4 atom stereocenters. The molecule has 0 radical (unpaired) electrons. The zero-order valence-corrected chi connectivity index (χ0v) is 10.5. The van der Waals surface area contributed by atoms with Crippen LogP contribution in [-0.2, 0) is 14.3 Å². The Kier molecular flexibility index (Phi) is 3.24. The van der Waals surface area contributed by atoms with Crippen LogP contribution in [0.4, 0.5) is 0 Å². The van der Waals surface area contributed by atoms with E-state index < -0.39 is 0 Å². The van der Waals surface area contributed by atoms with Crippen LogP contribution in [-0.4, -0.2) is 25.8 Å². The lowest BCUT2D eigenvalue weighted by molar-refractivity contribution is -0.157. The van der Waals surface area contributed by atoms with E-state index in [9.17, 15) is 4.79 Å². The molecule has 3 nitrogen and oxygen atoms in total. The van der Waals surface area contributed by atoms with Gasteiger partial charge in [-0.25, -0.2) is 0 Å². The van der Waals surface area contributed by atoms with Crippen molar-refractivity contribution in [1.82, 2.24) is 0 Å². The van der Waals surface area contributed by atoms with Crippen LogP contribution in [0.25, 0.3) is 0 Å². The van der Waals surface area contributed by atoms with Gasteiger partial charge in [0.05, 0.1) is 25.2 Å². The first-order valence-corrected chi connectivity index (χ1v) is 6.27. The summed E-state index contributed by atoms with van der Waals surface area (Å²) in [5, 5.41) is 0. The number of ether oxygens (including phenoxy) is 2. The van der Waals surface area contributed by atoms with Gasteiger partial charge in [0, 0.05) is 0 Å². The van der Waals surface area contributed by atoms with Gasteiger partial charge in [0.2, 0.25) is 0 Å². The van der Waals surface area contributed by atoms with Gasteiger partial charge in [-0.1, -0.05) is 13.8 Å². The number of hydrogen-bond acceptors (Lipinski definition) is 3. The molecule has 0 amide bonds. The molecule has 2 rings (SSSR count). The molecule has 0 N–H and O–H groups in total. The van der Waals surface area contributed by atoms with Gasteiger partial charge >= 0.3 is 5.97 Å². The zero-order valence-electron chi connectivity index (χ0n) is 10.5. The minimum absolute atomic E-state index is 0.0262. The Bertz CT molecular complexity index is 272. The third-order valence-corrected chi connectivity index (χ3v) is 4.40. The Labute approximate surface area is 97.5 Å². The third kappa shape index (κ3) is 2.24. The smallest absolute Gasteiger partial charge is 0.311 e. The average molecular weight is 226 g/mol. The molecule has 1 aliphatic carbocycles. The number of carbonyl (C=O) groups excluding carboxylic acids is 1. The molecule has 16 heavy (non-hydrogen) atoms. The fourth-order valence-electron chi connectivity index (χ4n) is 3.00. The first-order valence-electron chi connectivity index (χ1n) is 6.27. The van der Waals surface area contributed by atoms with E-state index in [-0.39, 0.29) is 11.4 Å². The molecule has 0 aromatic carbocycles. The van der Waals surface area contributed by atoms with Crippen LogP contribution in [0.2, 0.25) is 0 Å². The van der Waals surface area contributed by atoms with Crippen molar-refractivity contribution in [1.29, 1.82) is 0 Å². The predicted octanol–water partition coefficient (Wildman–Crippen LogP) is 2.39. The molecule has 0 bridgehead atoms. The summed E-state index contributed by atoms with van der Waals surface area (Å²) < 4.78 is 10.3. The molecular formula is C13H22O3. The van der Waals surface area contributed by atoms with Crippen molar-refractivity contribution in [3.05, 3.63) is 0 Å². The second-order valence-corrected chi connectivity index (χ2v) is 5.63. The standard InChI is InChI=1S/C13H22O3/c1-9-4-5-13(6-10(9)2,12(14)15-3)7-11-8-16-11/h9-11H,4-8H2,1-3H3. The van der Waals surface area contributed by atoms with Crippen molar-refractivity contribution in [2.24, 2.45) is 17.3 Å². The number of esters is 1. The topological polar surface area (TPSA) is 38.8 Å². The predicted molar refractivity (Wildman–Crippen MR) is 61.0 cm³/mol. The minimum Gasteiger partial charge on any atom is -0.469 e. The molecule has 1 heterocycles. The molecule has 4 unspecified atom stereocenters. The third-order valence-electron chi connectivity index (χ3n) is 4.40. The van der Waals surface area contributed by atoms with Crippen molar-refractivity contribution >= 4 is 5.97 Å². The second kappa shape index (κ2) is 4.36. The summed E-state index contributed by atoms with van der Waals surface area (Å²) in [7, 11) is 1.50. The summed E-state index contributed by atoms with van der Waals surface area (Å²) in [5.41, 5.74) is -0.262. The molecule has 1 saturated carbocycles. The average Bonchev–Trinajstić information content (AvgIpc) is 3.06. The van der Waals surface area contributed by atoms with Gasteiger partial charge in [-0.2, -0.15) is 0 Å². The van der Waals surface area contributed by atoms with E-state index in [0.29, 0.717) is 12.0 Å². The summed E-state index contributed by atoms with van der Waals surface area (Å²) in [4.78, 5) is 12.0. The molecule has 2 fully saturated rings. The Morgan fingerprint density at radius 1 is 1.44 bits per heavy atom. The molecule has 1 aliphatic heterocycles. The highest BCUT2D eigenvalue weighted by Crippen LogP contribution is 2.47. The quantitative estimate of drug-likeness (QED) is 0.548. The van der Waals surface area contributed by atoms with Crippen LogP contribution in [0, 0.1) is 17.3 Å². The maximum Gasteiger partial charge on any atom is 0.311 e. The van der Waals surface area contributed by atoms with Crippen LogP contribution >= 0.6 is 0 Å². The first-order chi connectivity index (χ1) is 7.57. The van der Waals surface area contributed by atoms with E-state index in [2.05, 4.69) is 13.8 Å². The first kappa shape index (κ1) is 11.9. The summed E-state index contributed by atoms with van der Waals surface area (Å²) in [6.45, 7) is 5.34. The summed E-state index contributed by atoms with van der Waals surface area (Å²) in [6.07, 6.45) is 4.21. The summed E-state index contributed by atoms with van der Waals surface area (Å²) in [5.74, 6) is 1.30. The molecule has 1 saturated heterocycles. The van der Waals surface area contributed by atoms with E-state index in [1.54, 1.807) is 0 Å². The lowest BCUT2D eigenvalue weighted by Crippen LogP contribution is -2.40. The Balaban J connectivity index is 2.10. The van der Waals surface area contributed by atoms with Crippen molar-refractivity contribution in [3.63, 3.8) is 0 Å². The fourth-order valence-corrected chi connectivity index (χ4v) is 3.00. The molecule has 2 aliphatic rings. The van der Waals surface area contributed by atoms with E-state index in [4.69, 9.17) is 9.47 Å². The number of carbonyl (C=O) groups is 1. The van der Waals surface area contributed by atoms with Gasteiger partial charge in [-0.15, -0.1) is 0 Å². The molecule has 0 aromatic heterocycles. The van der Waals surface area contributed by atoms with Gasteiger partial charge in [0.25, 0.3) is 0 Å². The summed E-state index contributed by atoms with van der Waals surface area (Å²) >= 11 is 0. The van der Waals surface area contributed by atoms with Gasteiger partial charge < -0.3 is 9.47 Å². The molecule has 0 spiro atoms. The van der Waals surface area contributed by atoms with E-state index in [1.807, 2.05) is 0 Å². The molecule has 92 valence electrons. The van der Waals surface area contributed by atoms with E-state index in [1.165, 1.54) is 7.11 Å². The van der Waals surface area contributed by atoms with Crippen molar-refractivity contribution in [3.8, 4) is 0 Å². The van der Waals surface area contributed by atoms with Crippen LogP contribution < -0.4 is 0 Å². The van der Waals surface area contributed by atoms with Gasteiger partial charge in [0.15, 0.2) is 0 Å². The Hall–Kier alpha value is -0.570. The van der Waals surface area contributed by atoms with Gasteiger partial charge in [-0.05, 0) is 37.5 Å². The van der Waals surface area contributed by atoms with Gasteiger partial charge in [0.1, 0.15) is 0 Å². The van der Waals surface area contributed by atoms with Crippen LogP contribution in [0.15, 0.2) is 0 Å². The lowest BCUT2D eigenvalue weighted by Gasteiger charge is -2.40. The Morgan fingerprint density at radius 3 is 2.62 bits per heavy atom. The van der Waals surface area contributed by atoms with Crippen molar-refractivity contribution in [2.75, 3.05) is 13.7 Å². The highest BCUT2D eigenvalue weighted by Gasteiger charge is 2.48. The molecule has 3 heteroatoms. The lowest BCUT2D eigenvalue weighted by atomic mass is 9.64. The largest absolute Gasteiger partial charge is 0.469 e. The maximum absolute atomic E-state index is 12.0. The zero-order chi connectivity index (χ0) is 11.8. The molecule has 0 aromatic rings. The molecular weight excluding hydrogens is 204 g/mol. The van der Waals surface area contributed by atoms with Crippen LogP contribution in [0.5, 0.6) is 0 Å². The van der Waals surface area contributed by atoms with Crippen LogP contribution in [0.3, 0.4) is 0 Å². The normalized spacial score (nSPS) is 42.8. The second-order valence-electron chi connectivity index (χ2n) is 5.63. The maximum atomic E-state index is 12.0. The van der Waals surface area contributed by atoms with Crippen molar-refractivity contribution in [2.45, 2.75) is 45.6 Å². The van der Waals surface area contributed by atoms with Gasteiger partial charge in [-0.3, -0.25) is 4.79 Å². The number of hydrogen-bond donors (Lipinski definition) is 0. The van der Waals surface area contributed by atoms with E-state index >= 15 is 0 Å². The fraction of sp³-hybridized carbons (Fsp3) is 0.923. The monoisotopic (exact) mass is 226 g/mol. The highest BCUT2D eigenvalue weighted by molar-refractivity contribution is 5.77.